The zero-order valence-corrected chi connectivity index (χ0v) is 11.4. The quantitative estimate of drug-likeness (QED) is 0.894. The largest absolute Gasteiger partial charge is 0.497 e. The van der Waals surface area contributed by atoms with Gasteiger partial charge in [-0.2, -0.15) is 0 Å². The Morgan fingerprint density at radius 2 is 1.80 bits per heavy atom. The van der Waals surface area contributed by atoms with Gasteiger partial charge in [0.25, 0.3) is 0 Å². The first-order chi connectivity index (χ1) is 9.76. The van der Waals surface area contributed by atoms with Crippen LogP contribution in [0.15, 0.2) is 59.8 Å². The molecule has 102 valence electrons. The smallest absolute Gasteiger partial charge is 0.224 e. The Balaban J connectivity index is 1.85. The van der Waals surface area contributed by atoms with Crippen molar-refractivity contribution in [2.24, 2.45) is 0 Å². The van der Waals surface area contributed by atoms with Crippen molar-refractivity contribution in [3.8, 4) is 5.75 Å². The molecule has 0 bridgehead atoms. The van der Waals surface area contributed by atoms with E-state index in [2.05, 4.69) is 5.32 Å². The molecule has 1 aliphatic carbocycles. The highest BCUT2D eigenvalue weighted by Gasteiger charge is 2.25. The second-order valence-electron chi connectivity index (χ2n) is 5.08. The topological polar surface area (TPSA) is 38.3 Å². The molecule has 1 saturated heterocycles. The lowest BCUT2D eigenvalue weighted by atomic mass is 9.87. The summed E-state index contributed by atoms with van der Waals surface area (Å²) >= 11 is 0. The van der Waals surface area contributed by atoms with Crippen LogP contribution in [-0.2, 0) is 4.79 Å². The third-order valence-electron chi connectivity index (χ3n) is 3.77. The van der Waals surface area contributed by atoms with Crippen LogP contribution >= 0.6 is 0 Å². The fourth-order valence-electron chi connectivity index (χ4n) is 2.69. The molecule has 1 amide bonds. The number of rotatable bonds is 2. The summed E-state index contributed by atoms with van der Waals surface area (Å²) in [5.74, 6) is 1.17. The normalized spacial score (nSPS) is 21.2. The molecule has 3 nitrogen and oxygen atoms in total. The van der Waals surface area contributed by atoms with Crippen LogP contribution in [0.25, 0.3) is 0 Å². The summed E-state index contributed by atoms with van der Waals surface area (Å²) in [6, 6.07) is 7.99. The Kier molecular flexibility index (Phi) is 3.42. The molecular formula is C17H17NO2. The number of piperidine rings is 1. The number of hydrogen-bond donors (Lipinski definition) is 1. The summed E-state index contributed by atoms with van der Waals surface area (Å²) in [7, 11) is 1.66. The summed E-state index contributed by atoms with van der Waals surface area (Å²) < 4.78 is 5.17. The van der Waals surface area contributed by atoms with Crippen molar-refractivity contribution in [2.45, 2.75) is 18.8 Å². The lowest BCUT2D eigenvalue weighted by Crippen LogP contribution is -2.31. The Morgan fingerprint density at radius 1 is 1.10 bits per heavy atom. The van der Waals surface area contributed by atoms with Crippen LogP contribution in [0.3, 0.4) is 0 Å². The molecule has 1 atom stereocenters. The first-order valence-electron chi connectivity index (χ1n) is 6.78. The van der Waals surface area contributed by atoms with E-state index < -0.39 is 0 Å². The van der Waals surface area contributed by atoms with Crippen molar-refractivity contribution in [1.82, 2.24) is 5.32 Å². The van der Waals surface area contributed by atoms with Crippen LogP contribution in [0.4, 0.5) is 0 Å². The number of carbonyl (C=O) groups is 1. The van der Waals surface area contributed by atoms with Gasteiger partial charge >= 0.3 is 0 Å². The second-order valence-corrected chi connectivity index (χ2v) is 5.08. The zero-order valence-electron chi connectivity index (χ0n) is 11.4. The van der Waals surface area contributed by atoms with Gasteiger partial charge in [0.2, 0.25) is 5.91 Å². The summed E-state index contributed by atoms with van der Waals surface area (Å²) in [4.78, 5) is 11.9. The van der Waals surface area contributed by atoms with E-state index in [1.807, 2.05) is 48.6 Å². The molecule has 3 rings (SSSR count). The molecule has 1 aromatic carbocycles. The van der Waals surface area contributed by atoms with Crippen molar-refractivity contribution in [3.63, 3.8) is 0 Å². The maximum absolute atomic E-state index is 11.9. The number of benzene rings is 1. The van der Waals surface area contributed by atoms with E-state index in [1.165, 1.54) is 5.56 Å². The third kappa shape index (κ3) is 2.52. The minimum atomic E-state index is 0.0910. The summed E-state index contributed by atoms with van der Waals surface area (Å²) in [6.07, 6.45) is 9.45. The number of nitrogens with one attached hydrogen (secondary N) is 1. The third-order valence-corrected chi connectivity index (χ3v) is 3.77. The predicted octanol–water partition coefficient (Wildman–Crippen LogP) is 3.07. The minimum Gasteiger partial charge on any atom is -0.497 e. The van der Waals surface area contributed by atoms with E-state index in [1.54, 1.807) is 7.11 Å². The Bertz CT molecular complexity index is 594. The van der Waals surface area contributed by atoms with Crippen LogP contribution in [0.2, 0.25) is 0 Å². The average Bonchev–Trinajstić information content (AvgIpc) is 3.01. The monoisotopic (exact) mass is 267 g/mol. The highest BCUT2D eigenvalue weighted by molar-refractivity contribution is 5.80. The van der Waals surface area contributed by atoms with Gasteiger partial charge in [-0.1, -0.05) is 36.4 Å². The SMILES string of the molecule is COc1ccc(C2CC(=O)NC(=C3C=CC=C3)C2)cc1. The van der Waals surface area contributed by atoms with Gasteiger partial charge in [-0.05, 0) is 35.6 Å². The molecule has 2 aliphatic rings. The molecule has 1 heterocycles. The average molecular weight is 267 g/mol. The lowest BCUT2D eigenvalue weighted by molar-refractivity contribution is -0.121. The van der Waals surface area contributed by atoms with Crippen LogP contribution in [-0.4, -0.2) is 13.0 Å². The maximum Gasteiger partial charge on any atom is 0.224 e. The molecule has 1 aromatic rings. The Morgan fingerprint density at radius 3 is 2.45 bits per heavy atom. The predicted molar refractivity (Wildman–Crippen MR) is 78.4 cm³/mol. The molecule has 1 aliphatic heterocycles. The number of allylic oxidation sites excluding steroid dienone is 6. The van der Waals surface area contributed by atoms with Gasteiger partial charge < -0.3 is 10.1 Å². The van der Waals surface area contributed by atoms with Crippen LogP contribution in [0.5, 0.6) is 5.75 Å². The molecule has 1 fully saturated rings. The molecular weight excluding hydrogens is 250 g/mol. The molecule has 3 heteroatoms. The Hall–Kier alpha value is -2.29. The van der Waals surface area contributed by atoms with Gasteiger partial charge in [0.1, 0.15) is 5.75 Å². The van der Waals surface area contributed by atoms with Crippen LogP contribution in [0.1, 0.15) is 24.3 Å². The van der Waals surface area contributed by atoms with Crippen LogP contribution in [0, 0.1) is 0 Å². The lowest BCUT2D eigenvalue weighted by Gasteiger charge is -2.26. The highest BCUT2D eigenvalue weighted by Crippen LogP contribution is 2.32. The van der Waals surface area contributed by atoms with Crippen molar-refractivity contribution in [1.29, 1.82) is 0 Å². The van der Waals surface area contributed by atoms with E-state index in [0.717, 1.165) is 23.4 Å². The van der Waals surface area contributed by atoms with Gasteiger partial charge in [0, 0.05) is 12.1 Å². The van der Waals surface area contributed by atoms with E-state index in [4.69, 9.17) is 4.74 Å². The van der Waals surface area contributed by atoms with E-state index >= 15 is 0 Å². The van der Waals surface area contributed by atoms with Crippen molar-refractivity contribution in [2.75, 3.05) is 7.11 Å². The minimum absolute atomic E-state index is 0.0910. The van der Waals surface area contributed by atoms with Gasteiger partial charge in [0.15, 0.2) is 0 Å². The fourth-order valence-corrected chi connectivity index (χ4v) is 2.69. The number of amides is 1. The number of hydrogen-bond acceptors (Lipinski definition) is 2. The second kappa shape index (κ2) is 5.37. The van der Waals surface area contributed by atoms with Gasteiger partial charge in [0.05, 0.1) is 7.11 Å². The van der Waals surface area contributed by atoms with Gasteiger partial charge in [-0.15, -0.1) is 0 Å². The van der Waals surface area contributed by atoms with Gasteiger partial charge in [-0.3, -0.25) is 4.79 Å². The van der Waals surface area contributed by atoms with E-state index in [-0.39, 0.29) is 11.8 Å². The maximum atomic E-state index is 11.9. The van der Waals surface area contributed by atoms with Crippen molar-refractivity contribution in [3.05, 3.63) is 65.4 Å². The molecule has 20 heavy (non-hydrogen) atoms. The Labute approximate surface area is 118 Å². The summed E-state index contributed by atoms with van der Waals surface area (Å²) in [5.41, 5.74) is 3.31. The van der Waals surface area contributed by atoms with E-state index in [0.29, 0.717) is 6.42 Å². The number of carbonyl (C=O) groups excluding carboxylic acids is 1. The van der Waals surface area contributed by atoms with Gasteiger partial charge in [-0.25, -0.2) is 0 Å². The molecule has 1 N–H and O–H groups in total. The molecule has 0 radical (unpaired) electrons. The number of ether oxygens (including phenoxy) is 1. The van der Waals surface area contributed by atoms with Crippen molar-refractivity contribution < 1.29 is 9.53 Å². The van der Waals surface area contributed by atoms with Crippen molar-refractivity contribution >= 4 is 5.91 Å². The first-order valence-corrected chi connectivity index (χ1v) is 6.78. The first kappa shape index (κ1) is 12.7. The number of methoxy groups -OCH3 is 1. The fraction of sp³-hybridized carbons (Fsp3) is 0.235. The zero-order chi connectivity index (χ0) is 13.9. The molecule has 1 unspecified atom stereocenters. The summed E-state index contributed by atoms with van der Waals surface area (Å²) in [6.45, 7) is 0. The standard InChI is InChI=1S/C17H17NO2/c1-20-15-8-6-12(7-9-15)14-10-16(18-17(19)11-14)13-4-2-3-5-13/h2-9,14H,10-11H2,1H3,(H,18,19). The van der Waals surface area contributed by atoms with Crippen LogP contribution < -0.4 is 10.1 Å². The molecule has 0 saturated carbocycles. The van der Waals surface area contributed by atoms with E-state index in [9.17, 15) is 4.79 Å². The summed E-state index contributed by atoms with van der Waals surface area (Å²) in [5, 5.41) is 2.99. The highest BCUT2D eigenvalue weighted by atomic mass is 16.5. The molecule has 0 aromatic heterocycles. The molecule has 0 spiro atoms.